The van der Waals surface area contributed by atoms with Crippen molar-refractivity contribution in [2.45, 2.75) is 31.7 Å². The van der Waals surface area contributed by atoms with Crippen LogP contribution in [-0.2, 0) is 4.79 Å². The van der Waals surface area contributed by atoms with Crippen LogP contribution < -0.4 is 10.6 Å². The SMILES string of the molecule is CN=C1NC(=O)C(C2CCCC2)N1. The minimum Gasteiger partial charge on any atom is -0.344 e. The first-order chi connectivity index (χ1) is 6.31. The number of amides is 1. The molecule has 0 bridgehead atoms. The highest BCUT2D eigenvalue weighted by Gasteiger charge is 2.35. The predicted octanol–water partition coefficient (Wildman–Crippen LogP) is 0.250. The van der Waals surface area contributed by atoms with Crippen molar-refractivity contribution < 1.29 is 4.79 Å². The van der Waals surface area contributed by atoms with Crippen molar-refractivity contribution >= 4 is 11.9 Å². The Kier molecular flexibility index (Phi) is 2.20. The van der Waals surface area contributed by atoms with Crippen LogP contribution in [0.3, 0.4) is 0 Å². The van der Waals surface area contributed by atoms with Crippen molar-refractivity contribution in [3.8, 4) is 0 Å². The van der Waals surface area contributed by atoms with E-state index in [1.807, 2.05) is 0 Å². The van der Waals surface area contributed by atoms with E-state index in [1.54, 1.807) is 7.05 Å². The zero-order valence-corrected chi connectivity index (χ0v) is 7.84. The summed E-state index contributed by atoms with van der Waals surface area (Å²) in [6, 6.07) is -0.0267. The lowest BCUT2D eigenvalue weighted by molar-refractivity contribution is -0.121. The maximum absolute atomic E-state index is 11.5. The molecular weight excluding hydrogens is 166 g/mol. The third-order valence-corrected chi connectivity index (χ3v) is 2.91. The molecule has 4 heteroatoms. The number of nitrogens with one attached hydrogen (secondary N) is 2. The van der Waals surface area contributed by atoms with Gasteiger partial charge in [0.25, 0.3) is 0 Å². The van der Waals surface area contributed by atoms with Crippen LogP contribution in [0, 0.1) is 5.92 Å². The highest BCUT2D eigenvalue weighted by molar-refractivity contribution is 6.06. The molecule has 2 N–H and O–H groups in total. The van der Waals surface area contributed by atoms with Gasteiger partial charge in [0.15, 0.2) is 5.96 Å². The first-order valence-electron chi connectivity index (χ1n) is 4.85. The topological polar surface area (TPSA) is 53.5 Å². The summed E-state index contributed by atoms with van der Waals surface area (Å²) in [6.07, 6.45) is 4.85. The Bertz CT molecular complexity index is 243. The fraction of sp³-hybridized carbons (Fsp3) is 0.778. The monoisotopic (exact) mass is 181 g/mol. The molecule has 1 unspecified atom stereocenters. The standard InChI is InChI=1S/C9H15N3O/c1-10-9-11-7(8(13)12-9)6-4-2-3-5-6/h6-7H,2-5H2,1H3,(H2,10,11,12,13). The van der Waals surface area contributed by atoms with E-state index in [2.05, 4.69) is 15.6 Å². The van der Waals surface area contributed by atoms with Crippen LogP contribution >= 0.6 is 0 Å². The highest BCUT2D eigenvalue weighted by Crippen LogP contribution is 2.28. The zero-order valence-electron chi connectivity index (χ0n) is 7.84. The van der Waals surface area contributed by atoms with E-state index in [-0.39, 0.29) is 11.9 Å². The highest BCUT2D eigenvalue weighted by atomic mass is 16.2. The molecule has 1 heterocycles. The van der Waals surface area contributed by atoms with Gasteiger partial charge in [-0.15, -0.1) is 0 Å². The van der Waals surface area contributed by atoms with Crippen LogP contribution in [0.1, 0.15) is 25.7 Å². The number of hydrogen-bond acceptors (Lipinski definition) is 2. The van der Waals surface area contributed by atoms with Gasteiger partial charge in [0.1, 0.15) is 6.04 Å². The van der Waals surface area contributed by atoms with Crippen molar-refractivity contribution in [2.24, 2.45) is 10.9 Å². The summed E-state index contributed by atoms with van der Waals surface area (Å²) in [5, 5.41) is 5.85. The molecule has 2 fully saturated rings. The Hall–Kier alpha value is -1.06. The van der Waals surface area contributed by atoms with Crippen LogP contribution in [0.5, 0.6) is 0 Å². The third-order valence-electron chi connectivity index (χ3n) is 2.91. The lowest BCUT2D eigenvalue weighted by Gasteiger charge is -2.14. The molecule has 4 nitrogen and oxygen atoms in total. The van der Waals surface area contributed by atoms with E-state index >= 15 is 0 Å². The second kappa shape index (κ2) is 3.36. The number of rotatable bonds is 1. The van der Waals surface area contributed by atoms with Crippen LogP contribution in [0.4, 0.5) is 0 Å². The Morgan fingerprint density at radius 1 is 1.38 bits per heavy atom. The minimum atomic E-state index is -0.0267. The minimum absolute atomic E-state index is 0.0267. The molecule has 1 atom stereocenters. The summed E-state index contributed by atoms with van der Waals surface area (Å²) in [4.78, 5) is 15.4. The summed E-state index contributed by atoms with van der Waals surface area (Å²) < 4.78 is 0. The van der Waals surface area contributed by atoms with Gasteiger partial charge >= 0.3 is 0 Å². The van der Waals surface area contributed by atoms with E-state index in [0.29, 0.717) is 11.9 Å². The number of hydrogen-bond donors (Lipinski definition) is 2. The van der Waals surface area contributed by atoms with E-state index in [9.17, 15) is 4.79 Å². The number of aliphatic imine (C=N–C) groups is 1. The third kappa shape index (κ3) is 1.53. The average Bonchev–Trinajstić information content (AvgIpc) is 2.72. The molecule has 72 valence electrons. The second-order valence-electron chi connectivity index (χ2n) is 3.73. The molecule has 2 rings (SSSR count). The van der Waals surface area contributed by atoms with Crippen LogP contribution in [0.15, 0.2) is 4.99 Å². The Morgan fingerprint density at radius 2 is 2.08 bits per heavy atom. The molecule has 1 aliphatic heterocycles. The van der Waals surface area contributed by atoms with Crippen LogP contribution in [0.25, 0.3) is 0 Å². The molecule has 0 spiro atoms. The van der Waals surface area contributed by atoms with Crippen molar-refractivity contribution in [1.82, 2.24) is 10.6 Å². The Labute approximate surface area is 77.8 Å². The summed E-state index contributed by atoms with van der Waals surface area (Å²) >= 11 is 0. The number of guanidine groups is 1. The van der Waals surface area contributed by atoms with Gasteiger partial charge in [-0.3, -0.25) is 15.1 Å². The first kappa shape index (κ1) is 8.53. The molecule has 0 aromatic rings. The molecule has 2 aliphatic rings. The summed E-state index contributed by atoms with van der Waals surface area (Å²) in [5.41, 5.74) is 0. The first-order valence-corrected chi connectivity index (χ1v) is 4.85. The van der Waals surface area contributed by atoms with E-state index in [1.165, 1.54) is 25.7 Å². The van der Waals surface area contributed by atoms with E-state index in [4.69, 9.17) is 0 Å². The zero-order chi connectivity index (χ0) is 9.26. The summed E-state index contributed by atoms with van der Waals surface area (Å²) in [5.74, 6) is 1.23. The number of nitrogens with zero attached hydrogens (tertiary/aromatic N) is 1. The second-order valence-corrected chi connectivity index (χ2v) is 3.73. The van der Waals surface area contributed by atoms with E-state index in [0.717, 1.165) is 0 Å². The molecular formula is C9H15N3O. The van der Waals surface area contributed by atoms with Gasteiger partial charge < -0.3 is 5.32 Å². The van der Waals surface area contributed by atoms with Crippen molar-refractivity contribution in [2.75, 3.05) is 7.05 Å². The smallest absolute Gasteiger partial charge is 0.249 e. The average molecular weight is 181 g/mol. The van der Waals surface area contributed by atoms with Crippen molar-refractivity contribution in [1.29, 1.82) is 0 Å². The number of carbonyl (C=O) groups is 1. The van der Waals surface area contributed by atoms with Crippen LogP contribution in [0.2, 0.25) is 0 Å². The van der Waals surface area contributed by atoms with Gasteiger partial charge in [0.05, 0.1) is 0 Å². The molecule has 1 saturated carbocycles. The van der Waals surface area contributed by atoms with Crippen molar-refractivity contribution in [3.63, 3.8) is 0 Å². The van der Waals surface area contributed by atoms with Crippen molar-refractivity contribution in [3.05, 3.63) is 0 Å². The van der Waals surface area contributed by atoms with Gasteiger partial charge in [-0.1, -0.05) is 12.8 Å². The van der Waals surface area contributed by atoms with Gasteiger partial charge in [0, 0.05) is 7.05 Å². The summed E-state index contributed by atoms with van der Waals surface area (Å²) in [7, 11) is 1.68. The molecule has 1 amide bonds. The number of carbonyl (C=O) groups excluding carboxylic acids is 1. The molecule has 0 aromatic heterocycles. The molecule has 1 saturated heterocycles. The maximum atomic E-state index is 11.5. The maximum Gasteiger partial charge on any atom is 0.249 e. The predicted molar refractivity (Wildman–Crippen MR) is 50.4 cm³/mol. The van der Waals surface area contributed by atoms with Gasteiger partial charge in [0.2, 0.25) is 5.91 Å². The Balaban J connectivity index is 2.03. The molecule has 1 aliphatic carbocycles. The fourth-order valence-electron chi connectivity index (χ4n) is 2.19. The summed E-state index contributed by atoms with van der Waals surface area (Å²) in [6.45, 7) is 0. The molecule has 0 radical (unpaired) electrons. The largest absolute Gasteiger partial charge is 0.344 e. The van der Waals surface area contributed by atoms with Crippen LogP contribution in [-0.4, -0.2) is 25.0 Å². The normalized spacial score (nSPS) is 32.2. The molecule has 0 aromatic carbocycles. The van der Waals surface area contributed by atoms with Gasteiger partial charge in [-0.2, -0.15) is 0 Å². The quantitative estimate of drug-likeness (QED) is 0.609. The van der Waals surface area contributed by atoms with Gasteiger partial charge in [-0.25, -0.2) is 0 Å². The Morgan fingerprint density at radius 3 is 2.62 bits per heavy atom. The fourth-order valence-corrected chi connectivity index (χ4v) is 2.19. The molecule has 13 heavy (non-hydrogen) atoms. The lowest BCUT2D eigenvalue weighted by atomic mass is 9.99. The van der Waals surface area contributed by atoms with Gasteiger partial charge in [-0.05, 0) is 18.8 Å². The van der Waals surface area contributed by atoms with E-state index < -0.39 is 0 Å². The lowest BCUT2D eigenvalue weighted by Crippen LogP contribution is -2.35.